The third-order valence-corrected chi connectivity index (χ3v) is 4.31. The van der Waals surface area contributed by atoms with E-state index in [4.69, 9.17) is 4.74 Å². The van der Waals surface area contributed by atoms with Crippen LogP contribution in [0.4, 0.5) is 10.1 Å². The Labute approximate surface area is 140 Å². The number of carbonyl (C=O) groups is 1. The Morgan fingerprint density at radius 2 is 1.87 bits per heavy atom. The minimum Gasteiger partial charge on any atom is -0.496 e. The molecule has 1 N–H and O–H groups in total. The second-order valence-corrected chi connectivity index (χ2v) is 6.33. The number of ether oxygens (including phenoxy) is 1. The summed E-state index contributed by atoms with van der Waals surface area (Å²) in [6.45, 7) is 3.82. The summed E-state index contributed by atoms with van der Waals surface area (Å²) in [5.41, 5.74) is 3.23. The number of amides is 1. The van der Waals surface area contributed by atoms with E-state index in [-0.39, 0.29) is 17.3 Å². The van der Waals surface area contributed by atoms with Crippen molar-refractivity contribution >= 4 is 23.4 Å². The van der Waals surface area contributed by atoms with Crippen LogP contribution in [0.5, 0.6) is 5.75 Å². The molecule has 2 aromatic rings. The van der Waals surface area contributed by atoms with Crippen molar-refractivity contribution in [2.45, 2.75) is 19.6 Å². The van der Waals surface area contributed by atoms with Crippen molar-refractivity contribution in [3.8, 4) is 5.75 Å². The van der Waals surface area contributed by atoms with Gasteiger partial charge in [0, 0.05) is 11.3 Å². The number of thioether (sulfide) groups is 1. The van der Waals surface area contributed by atoms with E-state index in [0.717, 1.165) is 22.4 Å². The summed E-state index contributed by atoms with van der Waals surface area (Å²) < 4.78 is 19.0. The van der Waals surface area contributed by atoms with Gasteiger partial charge in [-0.2, -0.15) is 0 Å². The third kappa shape index (κ3) is 4.99. The van der Waals surface area contributed by atoms with Gasteiger partial charge in [0.05, 0.1) is 18.6 Å². The second kappa shape index (κ2) is 8.02. The number of hydrogen-bond donors (Lipinski definition) is 1. The van der Waals surface area contributed by atoms with Gasteiger partial charge in [-0.25, -0.2) is 4.39 Å². The van der Waals surface area contributed by atoms with Crippen molar-refractivity contribution in [1.82, 2.24) is 0 Å². The Bertz CT molecular complexity index is 703. The van der Waals surface area contributed by atoms with Crippen LogP contribution in [-0.4, -0.2) is 18.8 Å². The number of halogens is 1. The van der Waals surface area contributed by atoms with Gasteiger partial charge in [-0.1, -0.05) is 23.8 Å². The quantitative estimate of drug-likeness (QED) is 0.855. The maximum atomic E-state index is 13.7. The Morgan fingerprint density at radius 1 is 1.17 bits per heavy atom. The van der Waals surface area contributed by atoms with Crippen LogP contribution in [0.2, 0.25) is 0 Å². The largest absolute Gasteiger partial charge is 0.496 e. The van der Waals surface area contributed by atoms with Crippen LogP contribution in [0.15, 0.2) is 36.4 Å². The van der Waals surface area contributed by atoms with E-state index in [9.17, 15) is 9.18 Å². The maximum Gasteiger partial charge on any atom is 0.234 e. The number of aryl methyl sites for hydroxylation is 2. The first kappa shape index (κ1) is 17.3. The standard InChI is InChI=1S/C18H20FNO2S/c1-12-5-7-17(22-3)14(8-12)10-23-11-18(21)20-16-6-4-13(2)9-15(16)19/h4-9H,10-11H2,1-3H3,(H,20,21). The average Bonchev–Trinajstić information content (AvgIpc) is 2.50. The molecule has 0 saturated carbocycles. The lowest BCUT2D eigenvalue weighted by molar-refractivity contribution is -0.113. The van der Waals surface area contributed by atoms with E-state index in [2.05, 4.69) is 5.32 Å². The molecule has 3 nitrogen and oxygen atoms in total. The Kier molecular flexibility index (Phi) is 6.04. The molecule has 0 atom stereocenters. The topological polar surface area (TPSA) is 38.3 Å². The second-order valence-electron chi connectivity index (χ2n) is 5.34. The Morgan fingerprint density at radius 3 is 2.57 bits per heavy atom. The summed E-state index contributed by atoms with van der Waals surface area (Å²) in [6, 6.07) is 10.7. The van der Waals surface area contributed by atoms with E-state index in [1.54, 1.807) is 26.2 Å². The zero-order chi connectivity index (χ0) is 16.8. The van der Waals surface area contributed by atoms with Crippen molar-refractivity contribution < 1.29 is 13.9 Å². The molecule has 0 unspecified atom stereocenters. The van der Waals surface area contributed by atoms with E-state index < -0.39 is 5.82 Å². The van der Waals surface area contributed by atoms with E-state index >= 15 is 0 Å². The fraction of sp³-hybridized carbons (Fsp3) is 0.278. The van der Waals surface area contributed by atoms with Crippen molar-refractivity contribution in [3.05, 3.63) is 58.9 Å². The normalized spacial score (nSPS) is 10.4. The van der Waals surface area contributed by atoms with Gasteiger partial charge in [-0.05, 0) is 37.6 Å². The number of nitrogens with one attached hydrogen (secondary N) is 1. The summed E-state index contributed by atoms with van der Waals surface area (Å²) >= 11 is 1.47. The van der Waals surface area contributed by atoms with Crippen LogP contribution in [-0.2, 0) is 10.5 Å². The van der Waals surface area contributed by atoms with Crippen LogP contribution in [0.25, 0.3) is 0 Å². The SMILES string of the molecule is COc1ccc(C)cc1CSCC(=O)Nc1ccc(C)cc1F. The molecule has 122 valence electrons. The minimum absolute atomic E-state index is 0.217. The fourth-order valence-electron chi connectivity index (χ4n) is 2.18. The van der Waals surface area contributed by atoms with Crippen molar-refractivity contribution in [3.63, 3.8) is 0 Å². The van der Waals surface area contributed by atoms with Crippen LogP contribution in [0.1, 0.15) is 16.7 Å². The van der Waals surface area contributed by atoms with E-state index in [1.807, 2.05) is 25.1 Å². The molecule has 0 bridgehead atoms. The molecule has 2 rings (SSSR count). The van der Waals surface area contributed by atoms with Gasteiger partial charge < -0.3 is 10.1 Å². The summed E-state index contributed by atoms with van der Waals surface area (Å²) in [5, 5.41) is 2.60. The van der Waals surface area contributed by atoms with Crippen molar-refractivity contribution in [2.75, 3.05) is 18.2 Å². The summed E-state index contributed by atoms with van der Waals surface area (Å²) in [6.07, 6.45) is 0. The lowest BCUT2D eigenvalue weighted by Crippen LogP contribution is -2.15. The zero-order valence-electron chi connectivity index (χ0n) is 13.5. The van der Waals surface area contributed by atoms with E-state index in [1.165, 1.54) is 17.8 Å². The molecule has 0 radical (unpaired) electrons. The number of anilines is 1. The Balaban J connectivity index is 1.89. The third-order valence-electron chi connectivity index (χ3n) is 3.33. The number of hydrogen-bond acceptors (Lipinski definition) is 3. The first-order valence-electron chi connectivity index (χ1n) is 7.27. The molecule has 0 aliphatic carbocycles. The minimum atomic E-state index is -0.413. The molecule has 0 saturated heterocycles. The number of carbonyl (C=O) groups excluding carboxylic acids is 1. The van der Waals surface area contributed by atoms with Gasteiger partial charge in [0.25, 0.3) is 0 Å². The zero-order valence-corrected chi connectivity index (χ0v) is 14.3. The van der Waals surface area contributed by atoms with Gasteiger partial charge in [-0.15, -0.1) is 11.8 Å². The molecule has 2 aromatic carbocycles. The fourth-order valence-corrected chi connectivity index (χ4v) is 2.99. The molecule has 1 amide bonds. The lowest BCUT2D eigenvalue weighted by atomic mass is 10.1. The highest BCUT2D eigenvalue weighted by Gasteiger charge is 2.09. The molecule has 0 spiro atoms. The monoisotopic (exact) mass is 333 g/mol. The van der Waals surface area contributed by atoms with Gasteiger partial charge in [0.15, 0.2) is 0 Å². The maximum absolute atomic E-state index is 13.7. The van der Waals surface area contributed by atoms with Crippen molar-refractivity contribution in [2.24, 2.45) is 0 Å². The molecular formula is C18H20FNO2S. The molecule has 0 aromatic heterocycles. The van der Waals surface area contributed by atoms with Gasteiger partial charge in [0.2, 0.25) is 5.91 Å². The highest BCUT2D eigenvalue weighted by molar-refractivity contribution is 7.99. The number of rotatable bonds is 6. The lowest BCUT2D eigenvalue weighted by Gasteiger charge is -2.10. The van der Waals surface area contributed by atoms with Gasteiger partial charge >= 0.3 is 0 Å². The average molecular weight is 333 g/mol. The van der Waals surface area contributed by atoms with Crippen LogP contribution >= 0.6 is 11.8 Å². The smallest absolute Gasteiger partial charge is 0.234 e. The molecule has 23 heavy (non-hydrogen) atoms. The van der Waals surface area contributed by atoms with Crippen LogP contribution in [0, 0.1) is 19.7 Å². The molecular weight excluding hydrogens is 313 g/mol. The Hall–Kier alpha value is -2.01. The van der Waals surface area contributed by atoms with E-state index in [0.29, 0.717) is 5.75 Å². The molecule has 5 heteroatoms. The highest BCUT2D eigenvalue weighted by Crippen LogP contribution is 2.24. The predicted octanol–water partition coefficient (Wildman–Crippen LogP) is 4.32. The first-order chi connectivity index (χ1) is 11.0. The first-order valence-corrected chi connectivity index (χ1v) is 8.42. The molecule has 0 heterocycles. The predicted molar refractivity (Wildman–Crippen MR) is 93.7 cm³/mol. The van der Waals surface area contributed by atoms with Crippen LogP contribution < -0.4 is 10.1 Å². The van der Waals surface area contributed by atoms with Crippen molar-refractivity contribution in [1.29, 1.82) is 0 Å². The van der Waals surface area contributed by atoms with Gasteiger partial charge in [0.1, 0.15) is 11.6 Å². The molecule has 0 aliphatic heterocycles. The van der Waals surface area contributed by atoms with Gasteiger partial charge in [-0.3, -0.25) is 4.79 Å². The summed E-state index contributed by atoms with van der Waals surface area (Å²) in [7, 11) is 1.63. The summed E-state index contributed by atoms with van der Waals surface area (Å²) in [4.78, 5) is 11.9. The molecule has 0 fully saturated rings. The number of benzene rings is 2. The number of methoxy groups -OCH3 is 1. The van der Waals surface area contributed by atoms with Crippen LogP contribution in [0.3, 0.4) is 0 Å². The molecule has 0 aliphatic rings. The summed E-state index contributed by atoms with van der Waals surface area (Å²) in [5.74, 6) is 1.10. The highest BCUT2D eigenvalue weighted by atomic mass is 32.2.